The van der Waals surface area contributed by atoms with Gasteiger partial charge >= 0.3 is 0 Å². The Balaban J connectivity index is 1.72. The molecule has 1 atom stereocenters. The maximum atomic E-state index is 12.6. The number of nitrogens with two attached hydrogens (primary N) is 1. The average molecular weight is 411 g/mol. The summed E-state index contributed by atoms with van der Waals surface area (Å²) in [5.41, 5.74) is 7.15. The van der Waals surface area contributed by atoms with Crippen molar-refractivity contribution in [3.63, 3.8) is 0 Å². The molecule has 1 aliphatic rings. The number of ether oxygens (including phenoxy) is 1. The molecule has 0 bridgehead atoms. The Morgan fingerprint density at radius 3 is 3.00 bits per heavy atom. The molecule has 146 valence electrons. The fourth-order valence-electron chi connectivity index (χ4n) is 3.24. The minimum atomic E-state index is -0.335. The molecule has 0 spiro atoms. The number of nitrogens with zero attached hydrogens (tertiary/aromatic N) is 3. The minimum absolute atomic E-state index is 0.00525. The molecule has 1 saturated heterocycles. The Hall–Kier alpha value is -1.77. The molecular formula is C18H23ClN4O3S. The summed E-state index contributed by atoms with van der Waals surface area (Å²) in [6.45, 7) is 2.25. The monoisotopic (exact) mass is 410 g/mol. The van der Waals surface area contributed by atoms with Crippen LogP contribution in [-0.4, -0.2) is 58.8 Å². The first kappa shape index (κ1) is 20.0. The summed E-state index contributed by atoms with van der Waals surface area (Å²) >= 11 is 7.46. The van der Waals surface area contributed by atoms with Crippen molar-refractivity contribution in [3.05, 3.63) is 23.2 Å². The average Bonchev–Trinajstić information content (AvgIpc) is 3.00. The lowest BCUT2D eigenvalue weighted by atomic mass is 9.97. The van der Waals surface area contributed by atoms with Gasteiger partial charge in [-0.1, -0.05) is 23.4 Å². The number of aromatic nitrogens is 2. The topological polar surface area (TPSA) is 90.5 Å². The maximum Gasteiger partial charge on any atom is 0.233 e. The van der Waals surface area contributed by atoms with Gasteiger partial charge in [0.05, 0.1) is 29.3 Å². The van der Waals surface area contributed by atoms with E-state index in [1.54, 1.807) is 12.0 Å². The molecule has 0 aliphatic carbocycles. The van der Waals surface area contributed by atoms with Crippen LogP contribution in [0.5, 0.6) is 0 Å². The highest BCUT2D eigenvalue weighted by atomic mass is 35.5. The molecule has 2 N–H and O–H groups in total. The van der Waals surface area contributed by atoms with E-state index in [0.29, 0.717) is 31.3 Å². The molecule has 2 amide bonds. The third-order valence-electron chi connectivity index (χ3n) is 4.70. The maximum absolute atomic E-state index is 12.6. The Kier molecular flexibility index (Phi) is 6.62. The molecule has 2 heterocycles. The van der Waals surface area contributed by atoms with E-state index in [0.717, 1.165) is 29.0 Å². The Bertz CT molecular complexity index is 841. The molecule has 1 fully saturated rings. The molecule has 9 heteroatoms. The number of carbonyl (C=O) groups is 2. The number of carbonyl (C=O) groups excluding carboxylic acids is 2. The van der Waals surface area contributed by atoms with E-state index >= 15 is 0 Å². The van der Waals surface area contributed by atoms with Crippen molar-refractivity contribution in [3.8, 4) is 0 Å². The van der Waals surface area contributed by atoms with Crippen molar-refractivity contribution in [2.75, 3.05) is 32.6 Å². The van der Waals surface area contributed by atoms with Crippen molar-refractivity contribution >= 4 is 46.2 Å². The normalized spacial score (nSPS) is 17.4. The van der Waals surface area contributed by atoms with Gasteiger partial charge in [0.1, 0.15) is 0 Å². The second kappa shape index (κ2) is 8.95. The zero-order chi connectivity index (χ0) is 19.4. The molecule has 3 rings (SSSR count). The summed E-state index contributed by atoms with van der Waals surface area (Å²) in [5, 5.41) is 1.37. The number of rotatable bonds is 7. The second-order valence-electron chi connectivity index (χ2n) is 6.54. The van der Waals surface area contributed by atoms with E-state index in [4.69, 9.17) is 22.1 Å². The molecule has 7 nitrogen and oxygen atoms in total. The van der Waals surface area contributed by atoms with E-state index < -0.39 is 0 Å². The number of primary amides is 1. The van der Waals surface area contributed by atoms with Crippen molar-refractivity contribution in [1.82, 2.24) is 14.5 Å². The Labute approximate surface area is 167 Å². The first-order chi connectivity index (χ1) is 13.0. The fourth-order valence-corrected chi connectivity index (χ4v) is 4.35. The van der Waals surface area contributed by atoms with E-state index in [2.05, 4.69) is 4.98 Å². The van der Waals surface area contributed by atoms with Gasteiger partial charge in [-0.15, -0.1) is 0 Å². The number of halogens is 1. The van der Waals surface area contributed by atoms with Crippen molar-refractivity contribution in [1.29, 1.82) is 0 Å². The van der Waals surface area contributed by atoms with Crippen LogP contribution in [0.15, 0.2) is 23.4 Å². The summed E-state index contributed by atoms with van der Waals surface area (Å²) in [7, 11) is 1.65. The van der Waals surface area contributed by atoms with Gasteiger partial charge in [-0.25, -0.2) is 4.98 Å². The number of imidazole rings is 1. The Morgan fingerprint density at radius 1 is 1.44 bits per heavy atom. The quantitative estimate of drug-likeness (QED) is 0.706. The number of benzene rings is 1. The molecule has 0 unspecified atom stereocenters. The van der Waals surface area contributed by atoms with Gasteiger partial charge < -0.3 is 19.9 Å². The number of likely N-dealkylation sites (tertiary alicyclic amines) is 1. The highest BCUT2D eigenvalue weighted by Crippen LogP contribution is 2.27. The standard InChI is InChI=1S/C18H23ClN4O3S/c1-26-8-7-23-15-5-4-13(19)9-14(15)21-18(23)27-11-16(24)22-6-2-3-12(10-22)17(20)25/h4-5,9,12H,2-3,6-8,10-11H2,1H3,(H2,20,25)/t12-/m0/s1. The van der Waals surface area contributed by atoms with E-state index in [1.165, 1.54) is 11.8 Å². The van der Waals surface area contributed by atoms with Crippen LogP contribution >= 0.6 is 23.4 Å². The molecule has 27 heavy (non-hydrogen) atoms. The molecule has 0 radical (unpaired) electrons. The number of piperidine rings is 1. The predicted molar refractivity (Wildman–Crippen MR) is 106 cm³/mol. The lowest BCUT2D eigenvalue weighted by Crippen LogP contribution is -2.44. The summed E-state index contributed by atoms with van der Waals surface area (Å²) < 4.78 is 7.23. The number of hydrogen-bond donors (Lipinski definition) is 1. The highest BCUT2D eigenvalue weighted by molar-refractivity contribution is 7.99. The molecule has 1 aromatic carbocycles. The van der Waals surface area contributed by atoms with Crippen LogP contribution < -0.4 is 5.73 Å². The first-order valence-corrected chi connectivity index (χ1v) is 10.2. The SMILES string of the molecule is COCCn1c(SCC(=O)N2CCC[C@H](C(N)=O)C2)nc2cc(Cl)ccc21. The second-order valence-corrected chi connectivity index (χ2v) is 7.92. The van der Waals surface area contributed by atoms with Crippen LogP contribution in [-0.2, 0) is 20.9 Å². The smallest absolute Gasteiger partial charge is 0.233 e. The molecule has 1 aliphatic heterocycles. The minimum Gasteiger partial charge on any atom is -0.383 e. The van der Waals surface area contributed by atoms with Crippen LogP contribution in [0.4, 0.5) is 0 Å². The van der Waals surface area contributed by atoms with E-state index in [9.17, 15) is 9.59 Å². The number of thioether (sulfide) groups is 1. The van der Waals surface area contributed by atoms with Gasteiger partial charge in [0, 0.05) is 31.8 Å². The number of hydrogen-bond acceptors (Lipinski definition) is 5. The summed E-state index contributed by atoms with van der Waals surface area (Å²) in [6, 6.07) is 5.56. The van der Waals surface area contributed by atoms with E-state index in [-0.39, 0.29) is 23.5 Å². The highest BCUT2D eigenvalue weighted by Gasteiger charge is 2.27. The van der Waals surface area contributed by atoms with Gasteiger partial charge in [-0.05, 0) is 31.0 Å². The Morgan fingerprint density at radius 2 is 2.26 bits per heavy atom. The third kappa shape index (κ3) is 4.75. The largest absolute Gasteiger partial charge is 0.383 e. The van der Waals surface area contributed by atoms with Crippen molar-refractivity contribution in [2.45, 2.75) is 24.5 Å². The van der Waals surface area contributed by atoms with Crippen molar-refractivity contribution < 1.29 is 14.3 Å². The summed E-state index contributed by atoms with van der Waals surface area (Å²) in [6.07, 6.45) is 1.55. The third-order valence-corrected chi connectivity index (χ3v) is 5.89. The lowest BCUT2D eigenvalue weighted by Gasteiger charge is -2.31. The lowest BCUT2D eigenvalue weighted by molar-refractivity contribution is -0.132. The number of fused-ring (bicyclic) bond motifs is 1. The molecule has 1 aromatic heterocycles. The molecule has 2 aromatic rings. The van der Waals surface area contributed by atoms with Crippen LogP contribution in [0.3, 0.4) is 0 Å². The van der Waals surface area contributed by atoms with Gasteiger partial charge in [0.2, 0.25) is 11.8 Å². The van der Waals surface area contributed by atoms with Crippen molar-refractivity contribution in [2.24, 2.45) is 11.7 Å². The van der Waals surface area contributed by atoms with Gasteiger partial charge in [0.15, 0.2) is 5.16 Å². The molecule has 0 saturated carbocycles. The summed E-state index contributed by atoms with van der Waals surface area (Å²) in [5.74, 6) is -0.330. The van der Waals surface area contributed by atoms with Gasteiger partial charge in [-0.2, -0.15) is 0 Å². The zero-order valence-corrected chi connectivity index (χ0v) is 16.8. The zero-order valence-electron chi connectivity index (χ0n) is 15.2. The van der Waals surface area contributed by atoms with Crippen LogP contribution in [0.1, 0.15) is 12.8 Å². The summed E-state index contributed by atoms with van der Waals surface area (Å²) in [4.78, 5) is 30.4. The predicted octanol–water partition coefficient (Wildman–Crippen LogP) is 2.15. The fraction of sp³-hybridized carbons (Fsp3) is 0.500. The van der Waals surface area contributed by atoms with Crippen LogP contribution in [0.2, 0.25) is 5.02 Å². The van der Waals surface area contributed by atoms with Gasteiger partial charge in [-0.3, -0.25) is 9.59 Å². The first-order valence-electron chi connectivity index (χ1n) is 8.84. The number of methoxy groups -OCH3 is 1. The van der Waals surface area contributed by atoms with E-state index in [1.807, 2.05) is 22.8 Å². The van der Waals surface area contributed by atoms with Crippen LogP contribution in [0.25, 0.3) is 11.0 Å². The molecular weight excluding hydrogens is 388 g/mol. The van der Waals surface area contributed by atoms with Gasteiger partial charge in [0.25, 0.3) is 0 Å². The van der Waals surface area contributed by atoms with Crippen LogP contribution in [0, 0.1) is 5.92 Å². The number of amides is 2.